The van der Waals surface area contributed by atoms with Gasteiger partial charge in [0, 0.05) is 23.1 Å². The van der Waals surface area contributed by atoms with Gasteiger partial charge in [0.2, 0.25) is 5.91 Å². The van der Waals surface area contributed by atoms with E-state index >= 15 is 0 Å². The molecule has 0 aliphatic carbocycles. The molecule has 2 aromatic carbocycles. The van der Waals surface area contributed by atoms with Crippen molar-refractivity contribution in [3.63, 3.8) is 0 Å². The minimum absolute atomic E-state index is 0.118. The third-order valence-electron chi connectivity index (χ3n) is 4.06. The predicted molar refractivity (Wildman–Crippen MR) is 115 cm³/mol. The van der Waals surface area contributed by atoms with Crippen LogP contribution in [0.1, 0.15) is 18.9 Å². The first-order valence-electron chi connectivity index (χ1n) is 8.82. The number of thioether (sulfide) groups is 1. The van der Waals surface area contributed by atoms with Crippen LogP contribution < -0.4 is 10.9 Å². The molecule has 3 rings (SSSR count). The van der Waals surface area contributed by atoms with Gasteiger partial charge in [0.05, 0.1) is 16.7 Å². The maximum atomic E-state index is 12.8. The summed E-state index contributed by atoms with van der Waals surface area (Å²) in [6.45, 7) is 2.95. The second-order valence-corrected chi connectivity index (χ2v) is 8.02. The van der Waals surface area contributed by atoms with Crippen LogP contribution in [-0.2, 0) is 17.9 Å². The van der Waals surface area contributed by atoms with Gasteiger partial charge in [-0.25, -0.2) is 4.98 Å². The number of halogens is 2. The normalized spacial score (nSPS) is 11.0. The molecule has 146 valence electrons. The van der Waals surface area contributed by atoms with Crippen molar-refractivity contribution in [2.24, 2.45) is 0 Å². The molecule has 0 atom stereocenters. The molecule has 1 amide bonds. The Morgan fingerprint density at radius 2 is 1.86 bits per heavy atom. The maximum Gasteiger partial charge on any atom is 0.262 e. The first-order valence-corrected chi connectivity index (χ1v) is 10.6. The summed E-state index contributed by atoms with van der Waals surface area (Å²) in [5.41, 5.74) is 1.38. The largest absolute Gasteiger partial charge is 0.351 e. The Hall–Kier alpha value is -2.02. The summed E-state index contributed by atoms with van der Waals surface area (Å²) < 4.78 is 1.62. The topological polar surface area (TPSA) is 64.0 Å². The van der Waals surface area contributed by atoms with E-state index in [4.69, 9.17) is 23.2 Å². The molecular formula is C20H19Cl2N3O2S. The van der Waals surface area contributed by atoms with Gasteiger partial charge in [-0.05, 0) is 42.3 Å². The molecule has 0 saturated carbocycles. The number of hydrogen-bond donors (Lipinski definition) is 1. The van der Waals surface area contributed by atoms with E-state index in [1.54, 1.807) is 34.9 Å². The molecule has 0 aliphatic heterocycles. The highest BCUT2D eigenvalue weighted by Crippen LogP contribution is 2.20. The predicted octanol–water partition coefficient (Wildman–Crippen LogP) is 4.52. The van der Waals surface area contributed by atoms with E-state index in [0.29, 0.717) is 39.2 Å². The van der Waals surface area contributed by atoms with E-state index in [0.717, 1.165) is 12.0 Å². The van der Waals surface area contributed by atoms with E-state index in [-0.39, 0.29) is 17.2 Å². The van der Waals surface area contributed by atoms with Crippen LogP contribution in [0.25, 0.3) is 10.9 Å². The summed E-state index contributed by atoms with van der Waals surface area (Å²) in [5, 5.41) is 5.07. The Balaban J connectivity index is 1.73. The molecule has 0 saturated heterocycles. The molecule has 0 spiro atoms. The Kier molecular flexibility index (Phi) is 6.99. The zero-order valence-corrected chi connectivity index (χ0v) is 17.6. The molecule has 0 radical (unpaired) electrons. The number of benzene rings is 2. The van der Waals surface area contributed by atoms with Crippen molar-refractivity contribution in [3.8, 4) is 0 Å². The van der Waals surface area contributed by atoms with Gasteiger partial charge in [-0.2, -0.15) is 0 Å². The van der Waals surface area contributed by atoms with E-state index in [2.05, 4.69) is 10.3 Å². The monoisotopic (exact) mass is 435 g/mol. The van der Waals surface area contributed by atoms with E-state index in [9.17, 15) is 9.59 Å². The minimum Gasteiger partial charge on any atom is -0.351 e. The van der Waals surface area contributed by atoms with Crippen LogP contribution >= 0.6 is 35.0 Å². The number of hydrogen-bond acceptors (Lipinski definition) is 4. The fourth-order valence-corrected chi connectivity index (χ4v) is 3.84. The summed E-state index contributed by atoms with van der Waals surface area (Å²) in [7, 11) is 0. The molecule has 1 N–H and O–H groups in total. The maximum absolute atomic E-state index is 12.8. The van der Waals surface area contributed by atoms with Gasteiger partial charge in [0.15, 0.2) is 5.16 Å². The summed E-state index contributed by atoms with van der Waals surface area (Å²) in [6.07, 6.45) is 0.789. The Morgan fingerprint density at radius 3 is 2.57 bits per heavy atom. The SMILES string of the molecule is CCCn1c(SCC(=O)NCc2ccc(Cl)cc2)nc2cc(Cl)ccc2c1=O. The first-order chi connectivity index (χ1) is 13.5. The van der Waals surface area contributed by atoms with Crippen LogP contribution in [0.15, 0.2) is 52.4 Å². The van der Waals surface area contributed by atoms with Gasteiger partial charge in [0.25, 0.3) is 5.56 Å². The Labute approximate surface area is 177 Å². The van der Waals surface area contributed by atoms with Gasteiger partial charge in [-0.3, -0.25) is 14.2 Å². The molecule has 1 aromatic heterocycles. The lowest BCUT2D eigenvalue weighted by Crippen LogP contribution is -2.26. The standard InChI is InChI=1S/C20H19Cl2N3O2S/c1-2-9-25-19(27)16-8-7-15(22)10-17(16)24-20(25)28-12-18(26)23-11-13-3-5-14(21)6-4-13/h3-8,10H,2,9,11-12H2,1H3,(H,23,26). The number of carbonyl (C=O) groups excluding carboxylic acids is 1. The van der Waals surface area contributed by atoms with E-state index < -0.39 is 0 Å². The lowest BCUT2D eigenvalue weighted by molar-refractivity contribution is -0.118. The first kappa shape index (κ1) is 20.7. The van der Waals surface area contributed by atoms with Crippen LogP contribution in [-0.4, -0.2) is 21.2 Å². The van der Waals surface area contributed by atoms with Crippen LogP contribution in [0, 0.1) is 0 Å². The van der Waals surface area contributed by atoms with Crippen molar-refractivity contribution in [1.82, 2.24) is 14.9 Å². The van der Waals surface area contributed by atoms with Crippen molar-refractivity contribution in [1.29, 1.82) is 0 Å². The fraction of sp³-hybridized carbons (Fsp3) is 0.250. The summed E-state index contributed by atoms with van der Waals surface area (Å²) in [5.74, 6) is 0.0268. The molecule has 0 bridgehead atoms. The third-order valence-corrected chi connectivity index (χ3v) is 5.53. The van der Waals surface area contributed by atoms with Gasteiger partial charge < -0.3 is 5.32 Å². The second kappa shape index (κ2) is 9.45. The number of nitrogens with one attached hydrogen (secondary N) is 1. The average Bonchev–Trinajstić information content (AvgIpc) is 2.68. The average molecular weight is 436 g/mol. The summed E-state index contributed by atoms with van der Waals surface area (Å²) in [4.78, 5) is 29.6. The van der Waals surface area contributed by atoms with E-state index in [1.165, 1.54) is 11.8 Å². The smallest absolute Gasteiger partial charge is 0.262 e. The zero-order chi connectivity index (χ0) is 20.1. The van der Waals surface area contributed by atoms with Crippen LogP contribution in [0.4, 0.5) is 0 Å². The van der Waals surface area contributed by atoms with E-state index in [1.807, 2.05) is 19.1 Å². The van der Waals surface area contributed by atoms with Gasteiger partial charge in [0.1, 0.15) is 0 Å². The Bertz CT molecular complexity index is 1050. The third kappa shape index (κ3) is 5.07. The molecule has 8 heteroatoms. The molecule has 0 unspecified atom stereocenters. The highest BCUT2D eigenvalue weighted by Gasteiger charge is 2.13. The molecule has 5 nitrogen and oxygen atoms in total. The zero-order valence-electron chi connectivity index (χ0n) is 15.2. The molecule has 28 heavy (non-hydrogen) atoms. The van der Waals surface area contributed by atoms with Crippen molar-refractivity contribution in [2.75, 3.05) is 5.75 Å². The second-order valence-electron chi connectivity index (χ2n) is 6.20. The number of fused-ring (bicyclic) bond motifs is 1. The van der Waals surface area contributed by atoms with Crippen LogP contribution in [0.5, 0.6) is 0 Å². The molecule has 3 aromatic rings. The van der Waals surface area contributed by atoms with Crippen molar-refractivity contribution in [2.45, 2.75) is 31.6 Å². The number of nitrogens with zero attached hydrogens (tertiary/aromatic N) is 2. The number of rotatable bonds is 7. The van der Waals surface area contributed by atoms with Crippen LogP contribution in [0.2, 0.25) is 10.0 Å². The van der Waals surface area contributed by atoms with Gasteiger partial charge in [-0.1, -0.05) is 54.0 Å². The number of amides is 1. The molecule has 0 fully saturated rings. The quantitative estimate of drug-likeness (QED) is 0.437. The fourth-order valence-electron chi connectivity index (χ4n) is 2.69. The highest BCUT2D eigenvalue weighted by atomic mass is 35.5. The molecule has 1 heterocycles. The van der Waals surface area contributed by atoms with Crippen molar-refractivity contribution in [3.05, 3.63) is 68.4 Å². The van der Waals surface area contributed by atoms with Crippen LogP contribution in [0.3, 0.4) is 0 Å². The Morgan fingerprint density at radius 1 is 1.14 bits per heavy atom. The molecular weight excluding hydrogens is 417 g/mol. The van der Waals surface area contributed by atoms with Gasteiger partial charge in [-0.15, -0.1) is 0 Å². The van der Waals surface area contributed by atoms with Gasteiger partial charge >= 0.3 is 0 Å². The van der Waals surface area contributed by atoms with Crippen molar-refractivity contribution < 1.29 is 4.79 Å². The summed E-state index contributed by atoms with van der Waals surface area (Å²) in [6, 6.07) is 12.3. The minimum atomic E-state index is -0.136. The van der Waals surface area contributed by atoms with Crippen molar-refractivity contribution >= 4 is 51.8 Å². The lowest BCUT2D eigenvalue weighted by atomic mass is 10.2. The summed E-state index contributed by atoms with van der Waals surface area (Å²) >= 11 is 13.1. The number of aromatic nitrogens is 2. The highest BCUT2D eigenvalue weighted by molar-refractivity contribution is 7.99. The molecule has 0 aliphatic rings. The lowest BCUT2D eigenvalue weighted by Gasteiger charge is -2.12. The number of carbonyl (C=O) groups is 1.